The summed E-state index contributed by atoms with van der Waals surface area (Å²) < 4.78 is 11.9. The van der Waals surface area contributed by atoms with Gasteiger partial charge in [0.15, 0.2) is 11.3 Å². The number of furan rings is 1. The summed E-state index contributed by atoms with van der Waals surface area (Å²) >= 11 is 3.58. The summed E-state index contributed by atoms with van der Waals surface area (Å²) in [4.78, 5) is 11.1. The Bertz CT molecular complexity index is 670. The Morgan fingerprint density at radius 3 is 2.65 bits per heavy atom. The monoisotopic (exact) mass is 340 g/mol. The molecule has 1 aromatic carbocycles. The number of aryl methyl sites for hydroxylation is 1. The van der Waals surface area contributed by atoms with Crippen LogP contribution in [0.1, 0.15) is 31.6 Å². The van der Waals surface area contributed by atoms with Gasteiger partial charge >= 0.3 is 5.97 Å². The van der Waals surface area contributed by atoms with Crippen LogP contribution in [0.3, 0.4) is 0 Å². The molecule has 0 spiro atoms. The van der Waals surface area contributed by atoms with Gasteiger partial charge in [0.2, 0.25) is 0 Å². The standard InChI is InChI=1S/C15H17BrO4/c1-8-5-9-13(16)10(15(2,3)7-12(17)18)6-11(19-4)14(9)20-8/h5-6H,7H2,1-4H3,(H,17,18). The Balaban J connectivity index is 2.70. The van der Waals surface area contributed by atoms with Crippen molar-refractivity contribution in [2.75, 3.05) is 7.11 Å². The lowest BCUT2D eigenvalue weighted by Crippen LogP contribution is -2.22. The van der Waals surface area contributed by atoms with Gasteiger partial charge in [-0.25, -0.2) is 0 Å². The molecule has 20 heavy (non-hydrogen) atoms. The van der Waals surface area contributed by atoms with E-state index < -0.39 is 11.4 Å². The molecule has 1 aromatic heterocycles. The molecule has 0 fully saturated rings. The second-order valence-electron chi connectivity index (χ2n) is 5.49. The Labute approximate surface area is 125 Å². The van der Waals surface area contributed by atoms with Crippen molar-refractivity contribution in [3.63, 3.8) is 0 Å². The number of hydrogen-bond donors (Lipinski definition) is 1. The zero-order valence-corrected chi connectivity index (χ0v) is 13.5. The van der Waals surface area contributed by atoms with Gasteiger partial charge in [0.05, 0.1) is 13.5 Å². The number of benzene rings is 1. The van der Waals surface area contributed by atoms with Crippen molar-refractivity contribution in [1.82, 2.24) is 0 Å². The first-order valence-corrected chi connectivity index (χ1v) is 7.04. The summed E-state index contributed by atoms with van der Waals surface area (Å²) in [6.07, 6.45) is 0.0388. The molecule has 108 valence electrons. The van der Waals surface area contributed by atoms with Crippen LogP contribution in [0.15, 0.2) is 21.0 Å². The SMILES string of the molecule is COc1cc(C(C)(C)CC(=O)O)c(Br)c2cc(C)oc12. The minimum Gasteiger partial charge on any atom is -0.493 e. The number of fused-ring (bicyclic) bond motifs is 1. The highest BCUT2D eigenvalue weighted by atomic mass is 79.9. The lowest BCUT2D eigenvalue weighted by Gasteiger charge is -2.25. The molecule has 0 bridgehead atoms. The van der Waals surface area contributed by atoms with Gasteiger partial charge in [0, 0.05) is 15.3 Å². The Hall–Kier alpha value is -1.49. The average Bonchev–Trinajstić information content (AvgIpc) is 2.70. The second-order valence-corrected chi connectivity index (χ2v) is 6.29. The second kappa shape index (κ2) is 5.13. The third-order valence-electron chi connectivity index (χ3n) is 3.37. The first-order chi connectivity index (χ1) is 9.26. The molecule has 2 rings (SSSR count). The molecule has 0 aliphatic heterocycles. The fourth-order valence-electron chi connectivity index (χ4n) is 2.38. The summed E-state index contributed by atoms with van der Waals surface area (Å²) in [6.45, 7) is 5.67. The Kier molecular flexibility index (Phi) is 3.82. The van der Waals surface area contributed by atoms with E-state index >= 15 is 0 Å². The molecule has 0 amide bonds. The van der Waals surface area contributed by atoms with E-state index in [0.29, 0.717) is 11.3 Å². The van der Waals surface area contributed by atoms with Crippen molar-refractivity contribution in [3.8, 4) is 5.75 Å². The minimum absolute atomic E-state index is 0.0388. The van der Waals surface area contributed by atoms with Gasteiger partial charge in [-0.1, -0.05) is 13.8 Å². The summed E-state index contributed by atoms with van der Waals surface area (Å²) in [5, 5.41) is 9.98. The predicted molar refractivity (Wildman–Crippen MR) is 80.5 cm³/mol. The number of carboxylic acid groups (broad SMARTS) is 1. The minimum atomic E-state index is -0.829. The highest BCUT2D eigenvalue weighted by molar-refractivity contribution is 9.10. The van der Waals surface area contributed by atoms with Crippen LogP contribution in [0.5, 0.6) is 5.75 Å². The van der Waals surface area contributed by atoms with E-state index in [1.807, 2.05) is 32.9 Å². The number of hydrogen-bond acceptors (Lipinski definition) is 3. The van der Waals surface area contributed by atoms with Crippen LogP contribution in [0.4, 0.5) is 0 Å². The van der Waals surface area contributed by atoms with E-state index in [1.54, 1.807) is 7.11 Å². The molecule has 0 aliphatic rings. The normalized spacial score (nSPS) is 11.8. The lowest BCUT2D eigenvalue weighted by molar-refractivity contribution is -0.138. The molecular weight excluding hydrogens is 324 g/mol. The molecule has 1 N–H and O–H groups in total. The lowest BCUT2D eigenvalue weighted by atomic mass is 9.81. The van der Waals surface area contributed by atoms with Crippen molar-refractivity contribution in [3.05, 3.63) is 27.9 Å². The topological polar surface area (TPSA) is 59.7 Å². The van der Waals surface area contributed by atoms with E-state index in [-0.39, 0.29) is 6.42 Å². The van der Waals surface area contributed by atoms with Gasteiger partial charge in [-0.15, -0.1) is 0 Å². The van der Waals surface area contributed by atoms with Crippen molar-refractivity contribution in [2.45, 2.75) is 32.6 Å². The van der Waals surface area contributed by atoms with E-state index in [0.717, 1.165) is 21.2 Å². The predicted octanol–water partition coefficient (Wildman–Crippen LogP) is 4.26. The third kappa shape index (κ3) is 2.54. The number of ether oxygens (including phenoxy) is 1. The summed E-state index contributed by atoms with van der Waals surface area (Å²) in [5.74, 6) is 0.571. The zero-order valence-electron chi connectivity index (χ0n) is 11.9. The number of rotatable bonds is 4. The summed E-state index contributed by atoms with van der Waals surface area (Å²) in [7, 11) is 1.58. The molecule has 0 radical (unpaired) electrons. The molecule has 5 heteroatoms. The van der Waals surface area contributed by atoms with Gasteiger partial charge in [0.1, 0.15) is 5.76 Å². The molecule has 4 nitrogen and oxygen atoms in total. The first-order valence-electron chi connectivity index (χ1n) is 6.25. The van der Waals surface area contributed by atoms with Crippen molar-refractivity contribution < 1.29 is 19.1 Å². The van der Waals surface area contributed by atoms with Gasteiger partial charge in [-0.2, -0.15) is 0 Å². The van der Waals surface area contributed by atoms with E-state index in [4.69, 9.17) is 14.3 Å². The maximum Gasteiger partial charge on any atom is 0.304 e. The number of halogens is 1. The van der Waals surface area contributed by atoms with Crippen LogP contribution < -0.4 is 4.74 Å². The Morgan fingerprint density at radius 2 is 2.10 bits per heavy atom. The van der Waals surface area contributed by atoms with Crippen LogP contribution in [0.25, 0.3) is 11.0 Å². The van der Waals surface area contributed by atoms with E-state index in [1.165, 1.54) is 0 Å². The van der Waals surface area contributed by atoms with Gasteiger partial charge in [-0.3, -0.25) is 4.79 Å². The molecule has 0 aliphatic carbocycles. The largest absolute Gasteiger partial charge is 0.493 e. The number of carboxylic acids is 1. The fourth-order valence-corrected chi connectivity index (χ4v) is 3.33. The highest BCUT2D eigenvalue weighted by Crippen LogP contribution is 2.42. The molecule has 2 aromatic rings. The van der Waals surface area contributed by atoms with Crippen LogP contribution in [0, 0.1) is 6.92 Å². The Morgan fingerprint density at radius 1 is 1.45 bits per heavy atom. The van der Waals surface area contributed by atoms with Gasteiger partial charge in [-0.05, 0) is 40.5 Å². The summed E-state index contributed by atoms with van der Waals surface area (Å²) in [5.41, 5.74) is 1.05. The zero-order chi connectivity index (χ0) is 15.1. The quantitative estimate of drug-likeness (QED) is 0.902. The van der Waals surface area contributed by atoms with Crippen LogP contribution in [-0.2, 0) is 10.2 Å². The van der Waals surface area contributed by atoms with E-state index in [9.17, 15) is 4.79 Å². The molecular formula is C15H17BrO4. The third-order valence-corrected chi connectivity index (χ3v) is 4.22. The highest BCUT2D eigenvalue weighted by Gasteiger charge is 2.29. The average molecular weight is 341 g/mol. The van der Waals surface area contributed by atoms with Gasteiger partial charge in [0.25, 0.3) is 0 Å². The van der Waals surface area contributed by atoms with Crippen molar-refractivity contribution in [2.24, 2.45) is 0 Å². The molecule has 0 saturated heterocycles. The maximum absolute atomic E-state index is 11.1. The van der Waals surface area contributed by atoms with Crippen LogP contribution in [0.2, 0.25) is 0 Å². The van der Waals surface area contributed by atoms with E-state index in [2.05, 4.69) is 15.9 Å². The molecule has 1 heterocycles. The maximum atomic E-state index is 11.1. The molecule has 0 unspecified atom stereocenters. The number of carbonyl (C=O) groups is 1. The smallest absolute Gasteiger partial charge is 0.304 e. The molecule has 0 saturated carbocycles. The van der Waals surface area contributed by atoms with Crippen LogP contribution >= 0.6 is 15.9 Å². The fraction of sp³-hybridized carbons (Fsp3) is 0.400. The van der Waals surface area contributed by atoms with Crippen molar-refractivity contribution in [1.29, 1.82) is 0 Å². The van der Waals surface area contributed by atoms with Crippen molar-refractivity contribution >= 4 is 32.9 Å². The number of aliphatic carboxylic acids is 1. The van der Waals surface area contributed by atoms with Crippen LogP contribution in [-0.4, -0.2) is 18.2 Å². The summed E-state index contributed by atoms with van der Waals surface area (Å²) in [6, 6.07) is 3.76. The number of methoxy groups -OCH3 is 1. The molecule has 0 atom stereocenters. The van der Waals surface area contributed by atoms with Gasteiger partial charge < -0.3 is 14.3 Å². The first kappa shape index (κ1) is 14.9.